The minimum atomic E-state index is 0.416. The van der Waals surface area contributed by atoms with Crippen LogP contribution in [0.3, 0.4) is 0 Å². The highest BCUT2D eigenvalue weighted by molar-refractivity contribution is 5.55. The molecule has 3 heteroatoms. The lowest BCUT2D eigenvalue weighted by molar-refractivity contribution is 0.320. The van der Waals surface area contributed by atoms with Crippen LogP contribution in [0.4, 0.5) is 0 Å². The van der Waals surface area contributed by atoms with Gasteiger partial charge in [-0.2, -0.15) is 0 Å². The van der Waals surface area contributed by atoms with Gasteiger partial charge in [0.1, 0.15) is 0 Å². The lowest BCUT2D eigenvalue weighted by Crippen LogP contribution is -2.29. The van der Waals surface area contributed by atoms with Gasteiger partial charge in [0.2, 0.25) is 0 Å². The third-order valence-corrected chi connectivity index (χ3v) is 4.51. The first-order valence-corrected chi connectivity index (χ1v) is 9.17. The molecule has 0 aliphatic rings. The monoisotopic (exact) mass is 298 g/mol. The highest BCUT2D eigenvalue weighted by atomic mass is 16.4. The summed E-state index contributed by atoms with van der Waals surface area (Å²) in [4.78, 5) is 0. The summed E-state index contributed by atoms with van der Waals surface area (Å²) in [5, 5.41) is 11.3. The number of rotatable bonds is 15. The van der Waals surface area contributed by atoms with Crippen molar-refractivity contribution in [2.24, 2.45) is 16.8 Å². The molecule has 0 radical (unpaired) electrons. The molecule has 3 N–H and O–H groups in total. The lowest BCUT2D eigenvalue weighted by atomic mass is 9.88. The zero-order valence-corrected chi connectivity index (χ0v) is 14.4. The fourth-order valence-electron chi connectivity index (χ4n) is 2.98. The summed E-state index contributed by atoms with van der Waals surface area (Å²) in [7, 11) is 0. The summed E-state index contributed by atoms with van der Waals surface area (Å²) in [6, 6.07) is 0.416. The number of hydrogen-bond acceptors (Lipinski definition) is 3. The molecule has 3 nitrogen and oxygen atoms in total. The quantitative estimate of drug-likeness (QED) is 0.181. The average molecular weight is 299 g/mol. The first kappa shape index (κ1) is 20.4. The van der Waals surface area contributed by atoms with E-state index < -0.39 is 0 Å². The summed E-state index contributed by atoms with van der Waals surface area (Å²) in [5.74, 6) is 0.734. The van der Waals surface area contributed by atoms with E-state index in [1.165, 1.54) is 70.6 Å². The van der Waals surface area contributed by atoms with Crippen molar-refractivity contribution in [1.29, 1.82) is 0 Å². The van der Waals surface area contributed by atoms with Crippen LogP contribution in [0.5, 0.6) is 0 Å². The topological polar surface area (TPSA) is 58.6 Å². The maximum atomic E-state index is 8.27. The Morgan fingerprint density at radius 3 is 2.10 bits per heavy atom. The van der Waals surface area contributed by atoms with Gasteiger partial charge < -0.3 is 10.9 Å². The Morgan fingerprint density at radius 2 is 1.52 bits per heavy atom. The molecule has 0 saturated heterocycles. The fraction of sp³-hybridized carbons (Fsp3) is 0.944. The van der Waals surface area contributed by atoms with Crippen LogP contribution in [0, 0.1) is 5.92 Å². The molecule has 0 amide bonds. The van der Waals surface area contributed by atoms with Crippen LogP contribution >= 0.6 is 0 Å². The second-order valence-corrected chi connectivity index (χ2v) is 6.32. The average Bonchev–Trinajstić information content (AvgIpc) is 2.50. The van der Waals surface area contributed by atoms with Gasteiger partial charge in [0.05, 0.1) is 0 Å². The fourth-order valence-corrected chi connectivity index (χ4v) is 2.98. The Morgan fingerprint density at radius 1 is 0.905 bits per heavy atom. The molecule has 0 aromatic rings. The van der Waals surface area contributed by atoms with E-state index in [0.29, 0.717) is 6.04 Å². The molecule has 0 saturated carbocycles. The van der Waals surface area contributed by atoms with Crippen LogP contribution in [0.1, 0.15) is 97.3 Å². The van der Waals surface area contributed by atoms with Crippen LogP contribution in [0.15, 0.2) is 5.16 Å². The molecule has 0 bridgehead atoms. The second-order valence-electron chi connectivity index (χ2n) is 6.32. The summed E-state index contributed by atoms with van der Waals surface area (Å²) < 4.78 is 0. The minimum absolute atomic E-state index is 0.416. The molecule has 126 valence electrons. The van der Waals surface area contributed by atoms with Crippen LogP contribution in [-0.2, 0) is 0 Å². The first-order valence-electron chi connectivity index (χ1n) is 9.17. The van der Waals surface area contributed by atoms with Crippen molar-refractivity contribution in [2.45, 2.75) is 103 Å². The van der Waals surface area contributed by atoms with E-state index in [1.54, 1.807) is 6.21 Å². The zero-order chi connectivity index (χ0) is 15.8. The van der Waals surface area contributed by atoms with E-state index in [0.717, 1.165) is 18.8 Å². The molecule has 0 aliphatic carbocycles. The largest absolute Gasteiger partial charge is 0.411 e. The van der Waals surface area contributed by atoms with Crippen LogP contribution < -0.4 is 5.73 Å². The normalized spacial score (nSPS) is 14.6. The van der Waals surface area contributed by atoms with Gasteiger partial charge in [0.15, 0.2) is 0 Å². The SMILES string of the molecule is CCCCC(CC)C(N)CCCCCCCCCC=NO. The molecule has 2 unspecified atom stereocenters. The molecule has 0 aromatic carbocycles. The summed E-state index contributed by atoms with van der Waals surface area (Å²) >= 11 is 0. The van der Waals surface area contributed by atoms with E-state index in [-0.39, 0.29) is 0 Å². The maximum absolute atomic E-state index is 8.27. The van der Waals surface area contributed by atoms with Crippen molar-refractivity contribution in [3.05, 3.63) is 0 Å². The van der Waals surface area contributed by atoms with Gasteiger partial charge in [-0.05, 0) is 31.6 Å². The van der Waals surface area contributed by atoms with Gasteiger partial charge in [-0.15, -0.1) is 5.16 Å². The number of oxime groups is 1. The summed E-state index contributed by atoms with van der Waals surface area (Å²) in [6.45, 7) is 4.54. The smallest absolute Gasteiger partial charge is 0.0435 e. The molecule has 0 aromatic heterocycles. The second kappa shape index (κ2) is 15.8. The van der Waals surface area contributed by atoms with E-state index in [2.05, 4.69) is 19.0 Å². The standard InChI is InChI=1S/C18H38N2O/c1-3-5-14-17(4-2)18(19)15-12-10-8-6-7-9-11-13-16-20-21/h16-18,21H,3-15,19H2,1-2H3. The van der Waals surface area contributed by atoms with Gasteiger partial charge in [-0.1, -0.05) is 71.6 Å². The van der Waals surface area contributed by atoms with Crippen molar-refractivity contribution >= 4 is 6.21 Å². The molecule has 21 heavy (non-hydrogen) atoms. The number of nitrogens with two attached hydrogens (primary N) is 1. The van der Waals surface area contributed by atoms with Crippen molar-refractivity contribution < 1.29 is 5.21 Å². The molecular formula is C18H38N2O. The van der Waals surface area contributed by atoms with E-state index in [9.17, 15) is 0 Å². The third-order valence-electron chi connectivity index (χ3n) is 4.51. The molecule has 0 rings (SSSR count). The summed E-state index contributed by atoms with van der Waals surface area (Å²) in [5.41, 5.74) is 6.35. The van der Waals surface area contributed by atoms with Gasteiger partial charge in [-0.25, -0.2) is 0 Å². The molecule has 0 fully saturated rings. The van der Waals surface area contributed by atoms with Crippen LogP contribution in [0.2, 0.25) is 0 Å². The highest BCUT2D eigenvalue weighted by Gasteiger charge is 2.14. The third kappa shape index (κ3) is 12.9. The van der Waals surface area contributed by atoms with Crippen LogP contribution in [-0.4, -0.2) is 17.5 Å². The van der Waals surface area contributed by atoms with Gasteiger partial charge in [-0.3, -0.25) is 0 Å². The van der Waals surface area contributed by atoms with Crippen molar-refractivity contribution in [3.8, 4) is 0 Å². The Kier molecular flexibility index (Phi) is 15.4. The van der Waals surface area contributed by atoms with E-state index in [1.807, 2.05) is 0 Å². The van der Waals surface area contributed by atoms with E-state index in [4.69, 9.17) is 10.9 Å². The maximum Gasteiger partial charge on any atom is 0.0435 e. The van der Waals surface area contributed by atoms with Crippen molar-refractivity contribution in [3.63, 3.8) is 0 Å². The highest BCUT2D eigenvalue weighted by Crippen LogP contribution is 2.20. The Balaban J connectivity index is 3.40. The minimum Gasteiger partial charge on any atom is -0.411 e. The van der Waals surface area contributed by atoms with Gasteiger partial charge in [0, 0.05) is 12.3 Å². The van der Waals surface area contributed by atoms with Crippen molar-refractivity contribution in [1.82, 2.24) is 0 Å². The first-order chi connectivity index (χ1) is 10.3. The molecule has 0 heterocycles. The Hall–Kier alpha value is -0.570. The number of hydrogen-bond donors (Lipinski definition) is 2. The van der Waals surface area contributed by atoms with Crippen molar-refractivity contribution in [2.75, 3.05) is 0 Å². The predicted molar refractivity (Wildman–Crippen MR) is 93.1 cm³/mol. The zero-order valence-electron chi connectivity index (χ0n) is 14.4. The number of nitrogens with zero attached hydrogens (tertiary/aromatic N) is 1. The lowest BCUT2D eigenvalue weighted by Gasteiger charge is -2.22. The molecule has 2 atom stereocenters. The summed E-state index contributed by atoms with van der Waals surface area (Å²) in [6.07, 6.45) is 17.8. The molecular weight excluding hydrogens is 260 g/mol. The Labute approximate surface area is 132 Å². The predicted octanol–water partition coefficient (Wildman–Crippen LogP) is 5.50. The number of unbranched alkanes of at least 4 members (excludes halogenated alkanes) is 8. The van der Waals surface area contributed by atoms with Gasteiger partial charge in [0.25, 0.3) is 0 Å². The van der Waals surface area contributed by atoms with Gasteiger partial charge >= 0.3 is 0 Å². The molecule has 0 aliphatic heterocycles. The Bertz CT molecular complexity index is 231. The van der Waals surface area contributed by atoms with E-state index >= 15 is 0 Å². The van der Waals surface area contributed by atoms with Crippen LogP contribution in [0.25, 0.3) is 0 Å². The molecule has 0 spiro atoms.